The van der Waals surface area contributed by atoms with Crippen LogP contribution in [0.25, 0.3) is 0 Å². The Labute approximate surface area is 109 Å². The number of aliphatic carboxylic acids is 1. The predicted molar refractivity (Wildman–Crippen MR) is 65.5 cm³/mol. The Morgan fingerprint density at radius 3 is 2.50 bits per heavy atom. The summed E-state index contributed by atoms with van der Waals surface area (Å²) in [7, 11) is 0. The molecule has 0 unspecified atom stereocenters. The SMILES string of the molecule is CC(C)[C@@H]1CC[C@@H](C)C[C@H]1OC(=O)CCC(=O)[O-]. The maximum absolute atomic E-state index is 11.6. The van der Waals surface area contributed by atoms with Crippen molar-refractivity contribution in [3.8, 4) is 0 Å². The van der Waals surface area contributed by atoms with Crippen LogP contribution in [-0.4, -0.2) is 18.0 Å². The normalized spacial score (nSPS) is 28.1. The van der Waals surface area contributed by atoms with Crippen LogP contribution in [0.2, 0.25) is 0 Å². The zero-order valence-corrected chi connectivity index (χ0v) is 11.5. The molecule has 1 aliphatic rings. The number of carbonyl (C=O) groups excluding carboxylic acids is 2. The fourth-order valence-corrected chi connectivity index (χ4v) is 2.68. The number of rotatable bonds is 5. The fourth-order valence-electron chi connectivity index (χ4n) is 2.68. The van der Waals surface area contributed by atoms with Crippen LogP contribution in [0.15, 0.2) is 0 Å². The van der Waals surface area contributed by atoms with Gasteiger partial charge in [-0.05, 0) is 37.0 Å². The van der Waals surface area contributed by atoms with Crippen molar-refractivity contribution in [2.45, 2.75) is 59.0 Å². The molecule has 1 rings (SSSR count). The molecule has 0 heterocycles. The van der Waals surface area contributed by atoms with Gasteiger partial charge >= 0.3 is 5.97 Å². The van der Waals surface area contributed by atoms with E-state index in [4.69, 9.17) is 4.74 Å². The molecule has 18 heavy (non-hydrogen) atoms. The summed E-state index contributed by atoms with van der Waals surface area (Å²) in [5.41, 5.74) is 0. The zero-order valence-electron chi connectivity index (χ0n) is 11.5. The molecule has 0 aromatic rings. The highest BCUT2D eigenvalue weighted by Gasteiger charge is 2.33. The lowest BCUT2D eigenvalue weighted by atomic mass is 9.75. The van der Waals surface area contributed by atoms with Crippen molar-refractivity contribution in [3.05, 3.63) is 0 Å². The van der Waals surface area contributed by atoms with Gasteiger partial charge in [0.1, 0.15) is 6.10 Å². The summed E-state index contributed by atoms with van der Waals surface area (Å²) in [4.78, 5) is 21.9. The van der Waals surface area contributed by atoms with Crippen molar-refractivity contribution in [3.63, 3.8) is 0 Å². The summed E-state index contributed by atoms with van der Waals surface area (Å²) in [6, 6.07) is 0. The van der Waals surface area contributed by atoms with Crippen molar-refractivity contribution in [1.29, 1.82) is 0 Å². The van der Waals surface area contributed by atoms with E-state index in [2.05, 4.69) is 20.8 Å². The Balaban J connectivity index is 2.49. The molecule has 0 spiro atoms. The van der Waals surface area contributed by atoms with Crippen LogP contribution >= 0.6 is 0 Å². The third kappa shape index (κ3) is 4.67. The van der Waals surface area contributed by atoms with Gasteiger partial charge in [-0.25, -0.2) is 0 Å². The highest BCUT2D eigenvalue weighted by atomic mass is 16.5. The summed E-state index contributed by atoms with van der Waals surface area (Å²) in [6.45, 7) is 6.45. The van der Waals surface area contributed by atoms with E-state index < -0.39 is 11.9 Å². The van der Waals surface area contributed by atoms with E-state index in [9.17, 15) is 14.7 Å². The van der Waals surface area contributed by atoms with Gasteiger partial charge in [0.05, 0.1) is 6.42 Å². The average Bonchev–Trinajstić information content (AvgIpc) is 2.26. The first-order valence-corrected chi connectivity index (χ1v) is 6.79. The molecule has 3 atom stereocenters. The standard InChI is InChI=1S/C14H24O4/c1-9(2)11-5-4-10(3)8-12(11)18-14(17)7-6-13(15)16/h9-12H,4-8H2,1-3H3,(H,15,16)/p-1/t10-,11+,12-/m1/s1. The molecule has 1 saturated carbocycles. The number of ether oxygens (including phenoxy) is 1. The van der Waals surface area contributed by atoms with Crippen LogP contribution in [0.3, 0.4) is 0 Å². The van der Waals surface area contributed by atoms with Crippen molar-refractivity contribution < 1.29 is 19.4 Å². The highest BCUT2D eigenvalue weighted by molar-refractivity contribution is 5.75. The second kappa shape index (κ2) is 6.76. The monoisotopic (exact) mass is 255 g/mol. The second-order valence-electron chi connectivity index (χ2n) is 5.73. The van der Waals surface area contributed by atoms with Crippen molar-refractivity contribution >= 4 is 11.9 Å². The third-order valence-corrected chi connectivity index (χ3v) is 3.78. The van der Waals surface area contributed by atoms with Gasteiger partial charge in [-0.2, -0.15) is 0 Å². The van der Waals surface area contributed by atoms with Crippen LogP contribution < -0.4 is 5.11 Å². The quantitative estimate of drug-likeness (QED) is 0.699. The van der Waals surface area contributed by atoms with Crippen molar-refractivity contribution in [2.24, 2.45) is 17.8 Å². The van der Waals surface area contributed by atoms with Crippen LogP contribution in [0.4, 0.5) is 0 Å². The number of esters is 1. The summed E-state index contributed by atoms with van der Waals surface area (Å²) < 4.78 is 5.46. The van der Waals surface area contributed by atoms with Crippen molar-refractivity contribution in [2.75, 3.05) is 0 Å². The first-order chi connectivity index (χ1) is 8.40. The second-order valence-corrected chi connectivity index (χ2v) is 5.73. The maximum atomic E-state index is 11.6. The van der Waals surface area contributed by atoms with Gasteiger partial charge in [-0.15, -0.1) is 0 Å². The molecule has 0 saturated heterocycles. The molecule has 0 aromatic heterocycles. The van der Waals surface area contributed by atoms with Crippen LogP contribution in [-0.2, 0) is 14.3 Å². The smallest absolute Gasteiger partial charge is 0.306 e. The lowest BCUT2D eigenvalue weighted by Gasteiger charge is -2.36. The van der Waals surface area contributed by atoms with E-state index in [1.165, 1.54) is 6.42 Å². The first kappa shape index (κ1) is 15.0. The Bertz CT molecular complexity index is 298. The molecule has 4 nitrogen and oxygen atoms in total. The van der Waals surface area contributed by atoms with Gasteiger partial charge in [-0.3, -0.25) is 4.79 Å². The van der Waals surface area contributed by atoms with E-state index >= 15 is 0 Å². The lowest BCUT2D eigenvalue weighted by Crippen LogP contribution is -2.36. The van der Waals surface area contributed by atoms with E-state index in [1.54, 1.807) is 0 Å². The number of carbonyl (C=O) groups is 2. The number of carboxylic acid groups (broad SMARTS) is 1. The molecule has 4 heteroatoms. The molecule has 0 bridgehead atoms. The number of carboxylic acids is 1. The highest BCUT2D eigenvalue weighted by Crippen LogP contribution is 2.35. The van der Waals surface area contributed by atoms with Gasteiger partial charge < -0.3 is 14.6 Å². The largest absolute Gasteiger partial charge is 0.550 e. The van der Waals surface area contributed by atoms with E-state index in [0.29, 0.717) is 17.8 Å². The maximum Gasteiger partial charge on any atom is 0.306 e. The van der Waals surface area contributed by atoms with Gasteiger partial charge in [0.15, 0.2) is 0 Å². The molecular weight excluding hydrogens is 232 g/mol. The predicted octanol–water partition coefficient (Wildman–Crippen LogP) is 1.52. The van der Waals surface area contributed by atoms with Gasteiger partial charge in [-0.1, -0.05) is 27.2 Å². The van der Waals surface area contributed by atoms with E-state index in [-0.39, 0.29) is 18.9 Å². The molecule has 1 fully saturated rings. The Morgan fingerprint density at radius 1 is 1.28 bits per heavy atom. The summed E-state index contributed by atoms with van der Waals surface area (Å²) in [5.74, 6) is -0.170. The zero-order chi connectivity index (χ0) is 13.7. The summed E-state index contributed by atoms with van der Waals surface area (Å²) >= 11 is 0. The van der Waals surface area contributed by atoms with E-state index in [1.807, 2.05) is 0 Å². The van der Waals surface area contributed by atoms with Crippen LogP contribution in [0.5, 0.6) is 0 Å². The van der Waals surface area contributed by atoms with Crippen molar-refractivity contribution in [1.82, 2.24) is 0 Å². The first-order valence-electron chi connectivity index (χ1n) is 6.79. The molecule has 1 aliphatic carbocycles. The average molecular weight is 255 g/mol. The number of hydrogen-bond acceptors (Lipinski definition) is 4. The number of hydrogen-bond donors (Lipinski definition) is 0. The molecule has 104 valence electrons. The Kier molecular flexibility index (Phi) is 5.63. The minimum atomic E-state index is -1.20. The molecule has 0 amide bonds. The molecule has 0 radical (unpaired) electrons. The Hall–Kier alpha value is -1.06. The third-order valence-electron chi connectivity index (χ3n) is 3.78. The summed E-state index contributed by atoms with van der Waals surface area (Å²) in [5, 5.41) is 10.3. The van der Waals surface area contributed by atoms with Gasteiger partial charge in [0, 0.05) is 5.97 Å². The topological polar surface area (TPSA) is 66.4 Å². The van der Waals surface area contributed by atoms with E-state index in [0.717, 1.165) is 12.8 Å². The molecular formula is C14H23O4-. The fraction of sp³-hybridized carbons (Fsp3) is 0.857. The molecule has 0 aliphatic heterocycles. The van der Waals surface area contributed by atoms with Gasteiger partial charge in [0.2, 0.25) is 0 Å². The Morgan fingerprint density at radius 2 is 1.94 bits per heavy atom. The minimum absolute atomic E-state index is 0.0528. The lowest BCUT2D eigenvalue weighted by molar-refractivity contribution is -0.305. The van der Waals surface area contributed by atoms with Crippen LogP contribution in [0.1, 0.15) is 52.9 Å². The van der Waals surface area contributed by atoms with Gasteiger partial charge in [0.25, 0.3) is 0 Å². The minimum Gasteiger partial charge on any atom is -0.550 e. The van der Waals surface area contributed by atoms with Crippen LogP contribution in [0, 0.1) is 17.8 Å². The molecule has 0 N–H and O–H groups in total. The molecule has 0 aromatic carbocycles. The summed E-state index contributed by atoms with van der Waals surface area (Å²) in [6.07, 6.45) is 2.75.